The monoisotopic (exact) mass is 277 g/mol. The van der Waals surface area contributed by atoms with Crippen LogP contribution in [0.5, 0.6) is 0 Å². The van der Waals surface area contributed by atoms with Crippen LogP contribution in [0.15, 0.2) is 6.33 Å². The van der Waals surface area contributed by atoms with Gasteiger partial charge in [0.05, 0.1) is 23.8 Å². The number of aromatic amines is 1. The maximum atomic E-state index is 12.1. The van der Waals surface area contributed by atoms with E-state index in [9.17, 15) is 4.79 Å². The van der Waals surface area contributed by atoms with Gasteiger partial charge in [0.15, 0.2) is 0 Å². The van der Waals surface area contributed by atoms with Crippen molar-refractivity contribution in [2.45, 2.75) is 38.3 Å². The van der Waals surface area contributed by atoms with Crippen molar-refractivity contribution in [2.75, 3.05) is 26.2 Å². The van der Waals surface area contributed by atoms with Gasteiger partial charge in [-0.1, -0.05) is 0 Å². The van der Waals surface area contributed by atoms with Crippen LogP contribution in [-0.4, -0.2) is 53.0 Å². The van der Waals surface area contributed by atoms with Crippen molar-refractivity contribution in [3.8, 4) is 0 Å². The van der Waals surface area contributed by atoms with Crippen molar-refractivity contribution in [1.29, 1.82) is 0 Å². The van der Waals surface area contributed by atoms with E-state index in [1.165, 1.54) is 25.9 Å². The lowest BCUT2D eigenvalue weighted by Crippen LogP contribution is -2.48. The Balaban J connectivity index is 1.37. The molecule has 2 aliphatic heterocycles. The maximum Gasteiger partial charge on any atom is 0.237 e. The van der Waals surface area contributed by atoms with Crippen molar-refractivity contribution < 1.29 is 4.79 Å². The molecule has 6 nitrogen and oxygen atoms in total. The standard InChI is InChI=1S/C14H23N5O/c20-14(15-4-3-7-19-5-1-2-6-19)12-8-11-13(9-16-12)18-10-17-11/h10,12,16H,1-9H2,(H,15,20)(H,17,18). The summed E-state index contributed by atoms with van der Waals surface area (Å²) in [6.07, 6.45) is 6.06. The predicted octanol–water partition coefficient (Wildman–Crippen LogP) is 0.0261. The van der Waals surface area contributed by atoms with E-state index >= 15 is 0 Å². The SMILES string of the molecule is O=C(NCCCN1CCCC1)C1Cc2nc[nH]c2CN1. The lowest BCUT2D eigenvalue weighted by Gasteiger charge is -2.22. The molecule has 0 aromatic carbocycles. The third-order valence-corrected chi connectivity index (χ3v) is 4.20. The Labute approximate surface area is 119 Å². The Morgan fingerprint density at radius 3 is 3.15 bits per heavy atom. The fourth-order valence-corrected chi connectivity index (χ4v) is 3.00. The van der Waals surface area contributed by atoms with Crippen LogP contribution < -0.4 is 10.6 Å². The topological polar surface area (TPSA) is 73.0 Å². The minimum atomic E-state index is -0.141. The molecule has 1 saturated heterocycles. The molecule has 1 amide bonds. The fraction of sp³-hybridized carbons (Fsp3) is 0.714. The van der Waals surface area contributed by atoms with E-state index in [0.717, 1.165) is 30.9 Å². The highest BCUT2D eigenvalue weighted by Gasteiger charge is 2.25. The lowest BCUT2D eigenvalue weighted by molar-refractivity contribution is -0.123. The number of rotatable bonds is 5. The number of amides is 1. The molecule has 20 heavy (non-hydrogen) atoms. The Morgan fingerprint density at radius 2 is 2.30 bits per heavy atom. The van der Waals surface area contributed by atoms with Gasteiger partial charge in [-0.05, 0) is 38.9 Å². The first-order chi connectivity index (χ1) is 9.83. The van der Waals surface area contributed by atoms with Crippen LogP contribution in [0.25, 0.3) is 0 Å². The largest absolute Gasteiger partial charge is 0.355 e. The third-order valence-electron chi connectivity index (χ3n) is 4.20. The second kappa shape index (κ2) is 6.37. The fourth-order valence-electron chi connectivity index (χ4n) is 3.00. The summed E-state index contributed by atoms with van der Waals surface area (Å²) in [6, 6.07) is -0.141. The van der Waals surface area contributed by atoms with Gasteiger partial charge >= 0.3 is 0 Å². The molecular weight excluding hydrogens is 254 g/mol. The number of hydrogen-bond donors (Lipinski definition) is 3. The number of likely N-dealkylation sites (tertiary alicyclic amines) is 1. The van der Waals surface area contributed by atoms with Gasteiger partial charge in [-0.15, -0.1) is 0 Å². The zero-order valence-corrected chi connectivity index (χ0v) is 11.8. The van der Waals surface area contributed by atoms with Gasteiger partial charge < -0.3 is 15.2 Å². The van der Waals surface area contributed by atoms with E-state index in [1.54, 1.807) is 6.33 Å². The Morgan fingerprint density at radius 1 is 1.45 bits per heavy atom. The molecule has 1 fully saturated rings. The summed E-state index contributed by atoms with van der Waals surface area (Å²) in [4.78, 5) is 21.9. The molecule has 0 spiro atoms. The van der Waals surface area contributed by atoms with E-state index in [2.05, 4.69) is 25.5 Å². The number of imidazole rings is 1. The molecule has 0 aliphatic carbocycles. The average molecular weight is 277 g/mol. The van der Waals surface area contributed by atoms with Crippen molar-refractivity contribution >= 4 is 5.91 Å². The van der Waals surface area contributed by atoms with Crippen molar-refractivity contribution in [2.24, 2.45) is 0 Å². The maximum absolute atomic E-state index is 12.1. The van der Waals surface area contributed by atoms with Crippen LogP contribution in [0, 0.1) is 0 Å². The van der Waals surface area contributed by atoms with Crippen LogP contribution in [-0.2, 0) is 17.8 Å². The molecule has 110 valence electrons. The number of carbonyl (C=O) groups is 1. The molecule has 0 radical (unpaired) electrons. The molecule has 3 rings (SSSR count). The minimum Gasteiger partial charge on any atom is -0.355 e. The molecule has 3 heterocycles. The van der Waals surface area contributed by atoms with Crippen LogP contribution in [0.4, 0.5) is 0 Å². The van der Waals surface area contributed by atoms with Gasteiger partial charge in [-0.25, -0.2) is 4.98 Å². The number of fused-ring (bicyclic) bond motifs is 1. The molecule has 1 unspecified atom stereocenters. The van der Waals surface area contributed by atoms with E-state index in [0.29, 0.717) is 13.0 Å². The van der Waals surface area contributed by atoms with Gasteiger partial charge in [0, 0.05) is 19.5 Å². The highest BCUT2D eigenvalue weighted by molar-refractivity contribution is 5.82. The quantitative estimate of drug-likeness (QED) is 0.664. The number of nitrogens with zero attached hydrogens (tertiary/aromatic N) is 2. The van der Waals surface area contributed by atoms with Crippen molar-refractivity contribution in [3.63, 3.8) is 0 Å². The molecule has 3 N–H and O–H groups in total. The second-order valence-electron chi connectivity index (χ2n) is 5.66. The summed E-state index contributed by atoms with van der Waals surface area (Å²) in [5, 5.41) is 6.28. The number of H-pyrrole nitrogens is 1. The molecular formula is C14H23N5O. The summed E-state index contributed by atoms with van der Waals surface area (Å²) in [5.74, 6) is 0.0973. The number of hydrogen-bond acceptors (Lipinski definition) is 4. The van der Waals surface area contributed by atoms with Crippen LogP contribution in [0.2, 0.25) is 0 Å². The van der Waals surface area contributed by atoms with Crippen molar-refractivity contribution in [1.82, 2.24) is 25.5 Å². The van der Waals surface area contributed by atoms with E-state index in [4.69, 9.17) is 0 Å². The summed E-state index contributed by atoms with van der Waals surface area (Å²) < 4.78 is 0. The van der Waals surface area contributed by atoms with Crippen LogP contribution in [0.3, 0.4) is 0 Å². The average Bonchev–Trinajstić information content (AvgIpc) is 3.13. The zero-order valence-electron chi connectivity index (χ0n) is 11.8. The minimum absolute atomic E-state index is 0.0973. The second-order valence-corrected chi connectivity index (χ2v) is 5.66. The summed E-state index contributed by atoms with van der Waals surface area (Å²) in [5.41, 5.74) is 2.11. The van der Waals surface area contributed by atoms with Crippen LogP contribution in [0.1, 0.15) is 30.7 Å². The zero-order chi connectivity index (χ0) is 13.8. The highest BCUT2D eigenvalue weighted by atomic mass is 16.2. The summed E-state index contributed by atoms with van der Waals surface area (Å²) in [6.45, 7) is 5.00. The van der Waals surface area contributed by atoms with Crippen LogP contribution >= 0.6 is 0 Å². The first-order valence-electron chi connectivity index (χ1n) is 7.57. The summed E-state index contributed by atoms with van der Waals surface area (Å²) >= 11 is 0. The highest BCUT2D eigenvalue weighted by Crippen LogP contribution is 2.12. The van der Waals surface area contributed by atoms with Crippen molar-refractivity contribution in [3.05, 3.63) is 17.7 Å². The predicted molar refractivity (Wildman–Crippen MR) is 76.2 cm³/mol. The normalized spacial score (nSPS) is 22.7. The lowest BCUT2D eigenvalue weighted by atomic mass is 10.0. The van der Waals surface area contributed by atoms with Gasteiger partial charge in [0.2, 0.25) is 5.91 Å². The molecule has 1 aromatic heterocycles. The van der Waals surface area contributed by atoms with Gasteiger partial charge in [0.25, 0.3) is 0 Å². The molecule has 1 atom stereocenters. The smallest absolute Gasteiger partial charge is 0.237 e. The molecule has 0 bridgehead atoms. The Hall–Kier alpha value is -1.40. The Kier molecular flexibility index (Phi) is 4.32. The first kappa shape index (κ1) is 13.6. The summed E-state index contributed by atoms with van der Waals surface area (Å²) in [7, 11) is 0. The number of carbonyl (C=O) groups excluding carboxylic acids is 1. The van der Waals surface area contributed by atoms with Gasteiger partial charge in [-0.3, -0.25) is 10.1 Å². The van der Waals surface area contributed by atoms with E-state index < -0.39 is 0 Å². The first-order valence-corrected chi connectivity index (χ1v) is 7.57. The molecule has 1 aromatic rings. The van der Waals surface area contributed by atoms with E-state index in [1.807, 2.05) is 0 Å². The van der Waals surface area contributed by atoms with Gasteiger partial charge in [0.1, 0.15) is 0 Å². The molecule has 6 heteroatoms. The number of aromatic nitrogens is 2. The molecule has 2 aliphatic rings. The number of nitrogens with one attached hydrogen (secondary N) is 3. The molecule has 0 saturated carbocycles. The Bertz CT molecular complexity index is 452. The third kappa shape index (κ3) is 3.19. The van der Waals surface area contributed by atoms with Gasteiger partial charge in [-0.2, -0.15) is 0 Å². The van der Waals surface area contributed by atoms with E-state index in [-0.39, 0.29) is 11.9 Å².